The van der Waals surface area contributed by atoms with Gasteiger partial charge in [-0.15, -0.1) is 0 Å². The average Bonchev–Trinajstić information content (AvgIpc) is 3.11. The first-order valence-corrected chi connectivity index (χ1v) is 9.24. The van der Waals surface area contributed by atoms with Crippen molar-refractivity contribution in [1.82, 2.24) is 16.0 Å². The minimum Gasteiger partial charge on any atom is -0.354 e. The van der Waals surface area contributed by atoms with Gasteiger partial charge in [0.05, 0.1) is 11.6 Å². The quantitative estimate of drug-likeness (QED) is 0.626. The number of halogens is 3. The molecule has 2 rings (SSSR count). The van der Waals surface area contributed by atoms with Crippen LogP contribution in [0.15, 0.2) is 24.3 Å². The zero-order valence-corrected chi connectivity index (χ0v) is 15.4. The fraction of sp³-hybridized carbons (Fsp3) is 0.579. The van der Waals surface area contributed by atoms with Crippen molar-refractivity contribution in [3.05, 3.63) is 35.4 Å². The molecule has 1 aliphatic rings. The number of urea groups is 1. The molecule has 1 aliphatic carbocycles. The van der Waals surface area contributed by atoms with Gasteiger partial charge in [0.15, 0.2) is 0 Å². The Morgan fingerprint density at radius 3 is 2.48 bits per heavy atom. The first kappa shape index (κ1) is 21.1. The van der Waals surface area contributed by atoms with Crippen LogP contribution in [0.1, 0.15) is 56.2 Å². The van der Waals surface area contributed by atoms with Crippen LogP contribution >= 0.6 is 0 Å². The maximum absolute atomic E-state index is 12.8. The maximum atomic E-state index is 12.8. The van der Waals surface area contributed by atoms with Crippen LogP contribution in [0.25, 0.3) is 0 Å². The molecule has 0 radical (unpaired) electrons. The third-order valence-electron chi connectivity index (χ3n) is 4.74. The molecule has 1 atom stereocenters. The molecule has 8 heteroatoms. The van der Waals surface area contributed by atoms with Crippen molar-refractivity contribution < 1.29 is 22.8 Å². The van der Waals surface area contributed by atoms with Crippen LogP contribution in [0, 0.1) is 5.92 Å². The Hall–Kier alpha value is -2.25. The third-order valence-corrected chi connectivity index (χ3v) is 4.74. The SMILES string of the molecule is CC(NC(=O)NCCNC(=O)CC1CCCC1)c1cccc(C(F)(F)F)c1. The number of carbonyl (C=O) groups excluding carboxylic acids is 2. The summed E-state index contributed by atoms with van der Waals surface area (Å²) in [6.07, 6.45) is 0.671. The number of hydrogen-bond donors (Lipinski definition) is 3. The molecule has 27 heavy (non-hydrogen) atoms. The molecule has 0 spiro atoms. The summed E-state index contributed by atoms with van der Waals surface area (Å²) in [5, 5.41) is 7.95. The van der Waals surface area contributed by atoms with Gasteiger partial charge in [0.1, 0.15) is 0 Å². The Kier molecular flexibility index (Phi) is 7.50. The van der Waals surface area contributed by atoms with E-state index in [-0.39, 0.29) is 12.5 Å². The maximum Gasteiger partial charge on any atom is 0.416 e. The second-order valence-electron chi connectivity index (χ2n) is 6.95. The standard InChI is InChI=1S/C19H26F3N3O2/c1-13(15-7-4-8-16(12-15)19(20,21)22)25-18(27)24-10-9-23-17(26)11-14-5-2-3-6-14/h4,7-8,12-14H,2-3,5-6,9-11H2,1H3,(H,23,26)(H2,24,25,27). The van der Waals surface area contributed by atoms with E-state index in [2.05, 4.69) is 16.0 Å². The van der Waals surface area contributed by atoms with Crippen LogP contribution in [0.4, 0.5) is 18.0 Å². The third kappa shape index (κ3) is 7.11. The molecular formula is C19H26F3N3O2. The summed E-state index contributed by atoms with van der Waals surface area (Å²) in [5.41, 5.74) is -0.385. The minimum atomic E-state index is -4.42. The predicted molar refractivity (Wildman–Crippen MR) is 96.0 cm³/mol. The van der Waals surface area contributed by atoms with E-state index in [9.17, 15) is 22.8 Å². The van der Waals surface area contributed by atoms with Crippen LogP contribution in [0.5, 0.6) is 0 Å². The number of alkyl halides is 3. The fourth-order valence-electron chi connectivity index (χ4n) is 3.24. The molecule has 5 nitrogen and oxygen atoms in total. The lowest BCUT2D eigenvalue weighted by Gasteiger charge is -2.17. The lowest BCUT2D eigenvalue weighted by Crippen LogP contribution is -2.41. The highest BCUT2D eigenvalue weighted by atomic mass is 19.4. The molecule has 1 fully saturated rings. The van der Waals surface area contributed by atoms with Crippen molar-refractivity contribution >= 4 is 11.9 Å². The van der Waals surface area contributed by atoms with Gasteiger partial charge in [-0.1, -0.05) is 25.0 Å². The van der Waals surface area contributed by atoms with Gasteiger partial charge in [-0.05, 0) is 43.4 Å². The number of amides is 3. The van der Waals surface area contributed by atoms with Gasteiger partial charge in [-0.2, -0.15) is 13.2 Å². The van der Waals surface area contributed by atoms with Gasteiger partial charge in [0, 0.05) is 19.5 Å². The van der Waals surface area contributed by atoms with Crippen molar-refractivity contribution in [2.45, 2.75) is 51.2 Å². The molecule has 150 valence electrons. The molecule has 3 N–H and O–H groups in total. The Balaban J connectivity index is 1.68. The average molecular weight is 385 g/mol. The highest BCUT2D eigenvalue weighted by molar-refractivity contribution is 5.76. The number of carbonyl (C=O) groups is 2. The largest absolute Gasteiger partial charge is 0.416 e. The Labute approximate surface area is 157 Å². The summed E-state index contributed by atoms with van der Waals surface area (Å²) in [4.78, 5) is 23.7. The van der Waals surface area contributed by atoms with E-state index in [1.54, 1.807) is 6.92 Å². The van der Waals surface area contributed by atoms with Crippen LogP contribution < -0.4 is 16.0 Å². The lowest BCUT2D eigenvalue weighted by atomic mass is 10.0. The summed E-state index contributed by atoms with van der Waals surface area (Å²) in [7, 11) is 0. The van der Waals surface area contributed by atoms with Gasteiger partial charge in [-0.3, -0.25) is 4.79 Å². The lowest BCUT2D eigenvalue weighted by molar-refractivity contribution is -0.137. The molecule has 0 saturated heterocycles. The van der Waals surface area contributed by atoms with Crippen LogP contribution in [0.3, 0.4) is 0 Å². The van der Waals surface area contributed by atoms with E-state index in [0.717, 1.165) is 25.0 Å². The van der Waals surface area contributed by atoms with Gasteiger partial charge in [-0.25, -0.2) is 4.79 Å². The first-order chi connectivity index (χ1) is 12.8. The molecule has 1 aromatic carbocycles. The molecule has 1 unspecified atom stereocenters. The molecule has 1 aromatic rings. The topological polar surface area (TPSA) is 70.2 Å². The van der Waals surface area contributed by atoms with Crippen molar-refractivity contribution in [3.8, 4) is 0 Å². The molecule has 3 amide bonds. The van der Waals surface area contributed by atoms with E-state index >= 15 is 0 Å². The molecule has 0 bridgehead atoms. The predicted octanol–water partition coefficient (Wildman–Crippen LogP) is 3.76. The minimum absolute atomic E-state index is 0.0126. The van der Waals surface area contributed by atoms with Gasteiger partial charge in [0.25, 0.3) is 0 Å². The molecule has 0 aromatic heterocycles. The zero-order valence-electron chi connectivity index (χ0n) is 15.4. The van der Waals surface area contributed by atoms with E-state index < -0.39 is 23.8 Å². The van der Waals surface area contributed by atoms with E-state index in [0.29, 0.717) is 24.4 Å². The van der Waals surface area contributed by atoms with Crippen molar-refractivity contribution in [2.75, 3.05) is 13.1 Å². The summed E-state index contributed by atoms with van der Waals surface area (Å²) < 4.78 is 38.3. The summed E-state index contributed by atoms with van der Waals surface area (Å²) in [6, 6.07) is 3.78. The first-order valence-electron chi connectivity index (χ1n) is 9.24. The normalized spacial score (nSPS) is 16.0. The highest BCUT2D eigenvalue weighted by Gasteiger charge is 2.30. The van der Waals surface area contributed by atoms with Gasteiger partial charge < -0.3 is 16.0 Å². The van der Waals surface area contributed by atoms with Crippen molar-refractivity contribution in [3.63, 3.8) is 0 Å². The Bertz CT molecular complexity index is 643. The summed E-state index contributed by atoms with van der Waals surface area (Å²) >= 11 is 0. The van der Waals surface area contributed by atoms with Crippen LogP contribution in [-0.2, 0) is 11.0 Å². The second-order valence-corrected chi connectivity index (χ2v) is 6.95. The molecule has 0 aliphatic heterocycles. The van der Waals surface area contributed by atoms with Crippen molar-refractivity contribution in [2.24, 2.45) is 5.92 Å². The highest BCUT2D eigenvalue weighted by Crippen LogP contribution is 2.30. The number of hydrogen-bond acceptors (Lipinski definition) is 2. The van der Waals surface area contributed by atoms with Crippen molar-refractivity contribution in [1.29, 1.82) is 0 Å². The second kappa shape index (κ2) is 9.62. The molecule has 0 heterocycles. The fourth-order valence-corrected chi connectivity index (χ4v) is 3.24. The van der Waals surface area contributed by atoms with Gasteiger partial charge >= 0.3 is 12.2 Å². The molecule has 1 saturated carbocycles. The van der Waals surface area contributed by atoms with Crippen LogP contribution in [-0.4, -0.2) is 25.0 Å². The number of nitrogens with one attached hydrogen (secondary N) is 3. The van der Waals surface area contributed by atoms with Crippen LogP contribution in [0.2, 0.25) is 0 Å². The Morgan fingerprint density at radius 2 is 1.81 bits per heavy atom. The van der Waals surface area contributed by atoms with E-state index in [1.165, 1.54) is 25.0 Å². The number of rotatable bonds is 7. The smallest absolute Gasteiger partial charge is 0.354 e. The van der Waals surface area contributed by atoms with Gasteiger partial charge in [0.2, 0.25) is 5.91 Å². The van der Waals surface area contributed by atoms with E-state index in [4.69, 9.17) is 0 Å². The number of benzene rings is 1. The molecular weight excluding hydrogens is 359 g/mol. The zero-order chi connectivity index (χ0) is 19.9. The monoisotopic (exact) mass is 385 g/mol. The van der Waals surface area contributed by atoms with E-state index in [1.807, 2.05) is 0 Å². The summed E-state index contributed by atoms with van der Waals surface area (Å²) in [6.45, 7) is 2.17. The Morgan fingerprint density at radius 1 is 1.15 bits per heavy atom. The summed E-state index contributed by atoms with van der Waals surface area (Å²) in [5.74, 6) is 0.455.